The Morgan fingerprint density at radius 3 is 3.00 bits per heavy atom. The van der Waals surface area contributed by atoms with Gasteiger partial charge in [0.2, 0.25) is 10.0 Å². The van der Waals surface area contributed by atoms with Crippen molar-refractivity contribution in [2.75, 3.05) is 6.61 Å². The van der Waals surface area contributed by atoms with Gasteiger partial charge in [-0.3, -0.25) is 0 Å². The quantitative estimate of drug-likeness (QED) is 0.883. The van der Waals surface area contributed by atoms with Gasteiger partial charge >= 0.3 is 0 Å². The number of nitrogens with zero attached hydrogens (tertiary/aromatic N) is 3. The fraction of sp³-hybridized carbons (Fsp3) is 0.571. The zero-order valence-corrected chi connectivity index (χ0v) is 13.9. The summed E-state index contributed by atoms with van der Waals surface area (Å²) in [6.45, 7) is 4.94. The average Bonchev–Trinajstić information content (AvgIpc) is 3.16. The van der Waals surface area contributed by atoms with Crippen LogP contribution in [0.5, 0.6) is 0 Å². The van der Waals surface area contributed by atoms with Crippen LogP contribution >= 0.6 is 0 Å². The van der Waals surface area contributed by atoms with Gasteiger partial charge < -0.3 is 13.8 Å². The van der Waals surface area contributed by atoms with Crippen LogP contribution in [0.3, 0.4) is 0 Å². The highest BCUT2D eigenvalue weighted by molar-refractivity contribution is 7.89. The summed E-state index contributed by atoms with van der Waals surface area (Å²) in [5, 5.41) is 3.63. The second-order valence-corrected chi connectivity index (χ2v) is 7.18. The maximum Gasteiger partial charge on any atom is 0.246 e. The Hall–Kier alpha value is -1.71. The van der Waals surface area contributed by atoms with Gasteiger partial charge in [0.05, 0.1) is 6.04 Å². The van der Waals surface area contributed by atoms with Crippen molar-refractivity contribution in [1.82, 2.24) is 19.4 Å². The predicted molar refractivity (Wildman–Crippen MR) is 81.2 cm³/mol. The number of rotatable bonds is 5. The molecule has 8 nitrogen and oxygen atoms in total. The molecule has 1 saturated heterocycles. The first-order valence-corrected chi connectivity index (χ1v) is 9.07. The van der Waals surface area contributed by atoms with E-state index in [1.165, 1.54) is 0 Å². The number of hydrogen-bond acceptors (Lipinski definition) is 6. The molecule has 0 saturated carbocycles. The minimum Gasteiger partial charge on any atom is -0.369 e. The number of sulfonamides is 1. The number of ether oxygens (including phenoxy) is 1. The fourth-order valence-electron chi connectivity index (χ4n) is 2.81. The summed E-state index contributed by atoms with van der Waals surface area (Å²) in [7, 11) is -3.71. The van der Waals surface area contributed by atoms with Gasteiger partial charge in [0.25, 0.3) is 0 Å². The van der Waals surface area contributed by atoms with Gasteiger partial charge in [-0.25, -0.2) is 18.1 Å². The van der Waals surface area contributed by atoms with Gasteiger partial charge in [0.1, 0.15) is 28.8 Å². The zero-order chi connectivity index (χ0) is 16.4. The van der Waals surface area contributed by atoms with Crippen LogP contribution in [-0.4, -0.2) is 35.8 Å². The summed E-state index contributed by atoms with van der Waals surface area (Å²) in [6, 6.07) is -0.379. The molecule has 2 aromatic heterocycles. The van der Waals surface area contributed by atoms with Crippen LogP contribution in [0.25, 0.3) is 0 Å². The van der Waals surface area contributed by atoms with Gasteiger partial charge in [-0.05, 0) is 26.7 Å². The third-order valence-corrected chi connectivity index (χ3v) is 5.55. The molecule has 2 atom stereocenters. The van der Waals surface area contributed by atoms with Crippen LogP contribution in [0.2, 0.25) is 0 Å². The van der Waals surface area contributed by atoms with Crippen LogP contribution in [0.1, 0.15) is 37.4 Å². The molecule has 0 aromatic carbocycles. The largest absolute Gasteiger partial charge is 0.369 e. The Morgan fingerprint density at radius 2 is 2.30 bits per heavy atom. The van der Waals surface area contributed by atoms with E-state index in [0.717, 1.165) is 25.1 Å². The summed E-state index contributed by atoms with van der Waals surface area (Å²) >= 11 is 0. The SMILES string of the molecule is CCn1ccnc1[C@@H]1OCCC[C@H]1NS(=O)(=O)c1conc1C. The van der Waals surface area contributed by atoms with E-state index in [9.17, 15) is 8.42 Å². The average molecular weight is 340 g/mol. The Bertz CT molecular complexity index is 767. The standard InChI is InChI=1S/C14H20N4O4S/c1-3-18-7-6-15-14(18)13-11(5-4-8-21-13)17-23(19,20)12-9-22-16-10(12)2/h6-7,9,11,13,17H,3-5,8H2,1-2H3/t11-,13-/m1/s1. The van der Waals surface area contributed by atoms with Gasteiger partial charge in [-0.2, -0.15) is 0 Å². The molecule has 0 spiro atoms. The Morgan fingerprint density at radius 1 is 1.48 bits per heavy atom. The number of imidazole rings is 1. The predicted octanol–water partition coefficient (Wildman–Crippen LogP) is 1.40. The third-order valence-electron chi connectivity index (χ3n) is 3.97. The van der Waals surface area contributed by atoms with Crippen molar-refractivity contribution < 1.29 is 17.7 Å². The number of nitrogens with one attached hydrogen (secondary N) is 1. The fourth-order valence-corrected chi connectivity index (χ4v) is 4.17. The maximum atomic E-state index is 12.6. The first kappa shape index (κ1) is 16.2. The van der Waals surface area contributed by atoms with Gasteiger partial charge in [0, 0.05) is 25.5 Å². The molecule has 9 heteroatoms. The molecule has 1 fully saturated rings. The van der Waals surface area contributed by atoms with Crippen LogP contribution in [0, 0.1) is 6.92 Å². The lowest BCUT2D eigenvalue weighted by Gasteiger charge is -2.31. The smallest absolute Gasteiger partial charge is 0.246 e. The zero-order valence-electron chi connectivity index (χ0n) is 13.1. The molecule has 1 aliphatic rings. The van der Waals surface area contributed by atoms with E-state index < -0.39 is 16.1 Å². The van der Waals surface area contributed by atoms with Crippen molar-refractivity contribution in [2.45, 2.75) is 50.3 Å². The van der Waals surface area contributed by atoms with Crippen LogP contribution in [0.15, 0.2) is 28.1 Å². The maximum absolute atomic E-state index is 12.6. The van der Waals surface area contributed by atoms with E-state index in [1.807, 2.05) is 17.7 Å². The molecule has 0 amide bonds. The summed E-state index contributed by atoms with van der Waals surface area (Å²) in [5.74, 6) is 0.738. The second kappa shape index (κ2) is 6.42. The van der Waals surface area contributed by atoms with Crippen LogP contribution < -0.4 is 4.72 Å². The van der Waals surface area contributed by atoms with Crippen molar-refractivity contribution in [3.8, 4) is 0 Å². The lowest BCUT2D eigenvalue weighted by atomic mass is 10.0. The summed E-state index contributed by atoms with van der Waals surface area (Å²) < 4.78 is 40.4. The highest BCUT2D eigenvalue weighted by atomic mass is 32.2. The third kappa shape index (κ3) is 3.17. The van der Waals surface area contributed by atoms with Crippen molar-refractivity contribution in [2.24, 2.45) is 0 Å². The molecule has 2 aromatic rings. The molecule has 3 heterocycles. The lowest BCUT2D eigenvalue weighted by molar-refractivity contribution is -0.0116. The number of aryl methyl sites for hydroxylation is 2. The van der Waals surface area contributed by atoms with Gasteiger partial charge in [-0.15, -0.1) is 0 Å². The van der Waals surface area contributed by atoms with Crippen molar-refractivity contribution in [3.63, 3.8) is 0 Å². The van der Waals surface area contributed by atoms with Crippen LogP contribution in [-0.2, 0) is 21.3 Å². The molecule has 0 aliphatic carbocycles. The number of aromatic nitrogens is 3. The number of hydrogen-bond donors (Lipinski definition) is 1. The van der Waals surface area contributed by atoms with Crippen LogP contribution in [0.4, 0.5) is 0 Å². The summed E-state index contributed by atoms with van der Waals surface area (Å²) in [4.78, 5) is 4.40. The van der Waals surface area contributed by atoms with E-state index in [2.05, 4.69) is 14.9 Å². The highest BCUT2D eigenvalue weighted by Crippen LogP contribution is 2.29. The minimum atomic E-state index is -3.71. The van der Waals surface area contributed by atoms with E-state index >= 15 is 0 Å². The van der Waals surface area contributed by atoms with Crippen molar-refractivity contribution in [1.29, 1.82) is 0 Å². The van der Waals surface area contributed by atoms with Crippen molar-refractivity contribution in [3.05, 3.63) is 30.2 Å². The van der Waals surface area contributed by atoms with Gasteiger partial charge in [0.15, 0.2) is 0 Å². The summed E-state index contributed by atoms with van der Waals surface area (Å²) in [6.07, 6.45) is 5.77. The molecular weight excluding hydrogens is 320 g/mol. The van der Waals surface area contributed by atoms with Crippen molar-refractivity contribution >= 4 is 10.0 Å². The second-order valence-electron chi connectivity index (χ2n) is 5.50. The molecule has 1 aliphatic heterocycles. The Labute approximate surface area is 134 Å². The Balaban J connectivity index is 1.86. The topological polar surface area (TPSA) is 99.2 Å². The molecule has 0 bridgehead atoms. The molecule has 1 N–H and O–H groups in total. The minimum absolute atomic E-state index is 0.0562. The van der Waals surface area contributed by atoms with E-state index in [-0.39, 0.29) is 10.9 Å². The molecule has 3 rings (SSSR count). The van der Waals surface area contributed by atoms with E-state index in [0.29, 0.717) is 18.7 Å². The van der Waals surface area contributed by atoms with E-state index in [4.69, 9.17) is 9.26 Å². The Kier molecular flexibility index (Phi) is 4.51. The molecule has 0 radical (unpaired) electrons. The highest BCUT2D eigenvalue weighted by Gasteiger charge is 2.35. The summed E-state index contributed by atoms with van der Waals surface area (Å²) in [5.41, 5.74) is 0.334. The first-order chi connectivity index (χ1) is 11.0. The van der Waals surface area contributed by atoms with E-state index in [1.54, 1.807) is 13.1 Å². The molecular formula is C14H20N4O4S. The normalized spacial score (nSPS) is 22.3. The molecule has 0 unspecified atom stereocenters. The monoisotopic (exact) mass is 340 g/mol. The molecule has 126 valence electrons. The lowest BCUT2D eigenvalue weighted by Crippen LogP contribution is -2.43. The van der Waals surface area contributed by atoms with Gasteiger partial charge in [-0.1, -0.05) is 5.16 Å². The first-order valence-electron chi connectivity index (χ1n) is 7.59. The molecule has 23 heavy (non-hydrogen) atoms.